The summed E-state index contributed by atoms with van der Waals surface area (Å²) in [6.45, 7) is 1.55. The van der Waals surface area contributed by atoms with Gasteiger partial charge in [-0.15, -0.1) is 0 Å². The van der Waals surface area contributed by atoms with E-state index in [1.54, 1.807) is 28.7 Å². The molecule has 1 aromatic carbocycles. The molecule has 1 aliphatic rings. The van der Waals surface area contributed by atoms with Gasteiger partial charge in [0.05, 0.1) is 15.9 Å². The van der Waals surface area contributed by atoms with Gasteiger partial charge in [-0.2, -0.15) is 4.31 Å². The van der Waals surface area contributed by atoms with Gasteiger partial charge in [-0.3, -0.25) is 4.79 Å². The lowest BCUT2D eigenvalue weighted by atomic mass is 10.2. The number of imidazole rings is 1. The number of anilines is 1. The van der Waals surface area contributed by atoms with E-state index in [0.717, 1.165) is 42.0 Å². The van der Waals surface area contributed by atoms with Crippen LogP contribution in [-0.2, 0) is 34.8 Å². The van der Waals surface area contributed by atoms with Crippen LogP contribution in [-0.4, -0.2) is 60.4 Å². The minimum Gasteiger partial charge on any atom is -0.363 e. The number of nitrogens with one attached hydrogen (secondary N) is 1. The Morgan fingerprint density at radius 1 is 1.12 bits per heavy atom. The fourth-order valence-electron chi connectivity index (χ4n) is 4.17. The summed E-state index contributed by atoms with van der Waals surface area (Å²) in [5.74, 6) is 1.54. The Bertz CT molecular complexity index is 1260. The number of benzene rings is 1. The number of hydrogen-bond acceptors (Lipinski definition) is 6. The summed E-state index contributed by atoms with van der Waals surface area (Å²) < 4.78 is 29.5. The molecule has 182 valence electrons. The first kappa shape index (κ1) is 24.2. The van der Waals surface area contributed by atoms with E-state index in [2.05, 4.69) is 15.3 Å². The smallest absolute Gasteiger partial charge is 0.243 e. The van der Waals surface area contributed by atoms with Gasteiger partial charge in [0.2, 0.25) is 15.9 Å². The predicted molar refractivity (Wildman–Crippen MR) is 132 cm³/mol. The fourth-order valence-corrected chi connectivity index (χ4v) is 5.71. The van der Waals surface area contributed by atoms with E-state index in [1.807, 2.05) is 42.7 Å². The molecule has 34 heavy (non-hydrogen) atoms. The molecule has 0 radical (unpaired) electrons. The van der Waals surface area contributed by atoms with Crippen molar-refractivity contribution in [3.8, 4) is 0 Å². The highest BCUT2D eigenvalue weighted by atomic mass is 32.2. The highest BCUT2D eigenvalue weighted by Crippen LogP contribution is 2.25. The van der Waals surface area contributed by atoms with Gasteiger partial charge in [-0.05, 0) is 42.7 Å². The molecule has 0 saturated carbocycles. The quantitative estimate of drug-likeness (QED) is 0.527. The van der Waals surface area contributed by atoms with Gasteiger partial charge in [0.1, 0.15) is 11.6 Å². The molecular weight excluding hydrogens is 452 g/mol. The van der Waals surface area contributed by atoms with Crippen molar-refractivity contribution in [1.82, 2.24) is 24.2 Å². The molecular formula is C24H32N6O3S. The number of fused-ring (bicyclic) bond motifs is 1. The number of aromatic nitrogens is 3. The summed E-state index contributed by atoms with van der Waals surface area (Å²) in [4.78, 5) is 23.6. The molecule has 3 aromatic rings. The molecule has 0 atom stereocenters. The molecule has 1 saturated heterocycles. The Kier molecular flexibility index (Phi) is 7.18. The predicted octanol–water partition coefficient (Wildman–Crippen LogP) is 2.46. The molecule has 0 bridgehead atoms. The lowest BCUT2D eigenvalue weighted by Crippen LogP contribution is -2.35. The Morgan fingerprint density at radius 3 is 2.56 bits per heavy atom. The monoisotopic (exact) mass is 484 g/mol. The maximum absolute atomic E-state index is 13.0. The first-order valence-electron chi connectivity index (χ1n) is 11.6. The van der Waals surface area contributed by atoms with Crippen LogP contribution in [0.1, 0.15) is 37.1 Å². The highest BCUT2D eigenvalue weighted by Gasteiger charge is 2.26. The standard InChI is InChI=1S/C24H32N6O3S/c1-28(2)22-10-7-18(16-25-22)17-26-24(31)12-11-23-27-20-15-19(8-9-21(20)29(23)3)34(32,33)30-13-5-4-6-14-30/h7-10,15-16H,4-6,11-14,17H2,1-3H3,(H,26,31). The van der Waals surface area contributed by atoms with Gasteiger partial charge in [-0.1, -0.05) is 12.5 Å². The molecule has 1 aliphatic heterocycles. The number of carbonyl (C=O) groups is 1. The van der Waals surface area contributed by atoms with Gasteiger partial charge in [0.15, 0.2) is 0 Å². The van der Waals surface area contributed by atoms with E-state index in [0.29, 0.717) is 38.0 Å². The van der Waals surface area contributed by atoms with Gasteiger partial charge in [0, 0.05) is 59.8 Å². The molecule has 0 aliphatic carbocycles. The SMILES string of the molecule is CN(C)c1ccc(CNC(=O)CCc2nc3cc(S(=O)(=O)N4CCCCC4)ccc3n2C)cn1. The van der Waals surface area contributed by atoms with Gasteiger partial charge >= 0.3 is 0 Å². The molecule has 3 heterocycles. The van der Waals surface area contributed by atoms with Crippen molar-refractivity contribution in [3.63, 3.8) is 0 Å². The van der Waals surface area contributed by atoms with Crippen LogP contribution in [0.25, 0.3) is 11.0 Å². The number of nitrogens with zero attached hydrogens (tertiary/aromatic N) is 5. The number of carbonyl (C=O) groups excluding carboxylic acids is 1. The number of amides is 1. The van der Waals surface area contributed by atoms with Crippen molar-refractivity contribution < 1.29 is 13.2 Å². The van der Waals surface area contributed by atoms with E-state index in [-0.39, 0.29) is 10.8 Å². The van der Waals surface area contributed by atoms with E-state index in [4.69, 9.17) is 0 Å². The van der Waals surface area contributed by atoms with Crippen molar-refractivity contribution in [2.45, 2.75) is 43.5 Å². The zero-order chi connectivity index (χ0) is 24.3. The van der Waals surface area contributed by atoms with Crippen LogP contribution in [0, 0.1) is 0 Å². The van der Waals surface area contributed by atoms with Crippen molar-refractivity contribution in [3.05, 3.63) is 47.9 Å². The molecule has 1 N–H and O–H groups in total. The average Bonchev–Trinajstić information content (AvgIpc) is 3.17. The van der Waals surface area contributed by atoms with E-state index >= 15 is 0 Å². The molecule has 0 unspecified atom stereocenters. The molecule has 0 spiro atoms. The van der Waals surface area contributed by atoms with Crippen LogP contribution in [0.4, 0.5) is 5.82 Å². The van der Waals surface area contributed by atoms with Crippen molar-refractivity contribution >= 4 is 32.8 Å². The van der Waals surface area contributed by atoms with Crippen LogP contribution in [0.5, 0.6) is 0 Å². The summed E-state index contributed by atoms with van der Waals surface area (Å²) in [5.41, 5.74) is 2.41. The number of sulfonamides is 1. The number of rotatable bonds is 8. The normalized spacial score (nSPS) is 14.9. The molecule has 1 fully saturated rings. The highest BCUT2D eigenvalue weighted by molar-refractivity contribution is 7.89. The Hall–Kier alpha value is -2.98. The third-order valence-electron chi connectivity index (χ3n) is 6.23. The number of piperidine rings is 1. The second-order valence-corrected chi connectivity index (χ2v) is 10.8. The van der Waals surface area contributed by atoms with Gasteiger partial charge in [-0.25, -0.2) is 18.4 Å². The van der Waals surface area contributed by atoms with Crippen LogP contribution in [0.15, 0.2) is 41.4 Å². The van der Waals surface area contributed by atoms with Crippen molar-refractivity contribution in [2.24, 2.45) is 7.05 Å². The number of hydrogen-bond donors (Lipinski definition) is 1. The fraction of sp³-hybridized carbons (Fsp3) is 0.458. The third-order valence-corrected chi connectivity index (χ3v) is 8.13. The summed E-state index contributed by atoms with van der Waals surface area (Å²) in [5, 5.41) is 2.92. The Morgan fingerprint density at radius 2 is 1.88 bits per heavy atom. The van der Waals surface area contributed by atoms with Crippen LogP contribution < -0.4 is 10.2 Å². The van der Waals surface area contributed by atoms with Crippen LogP contribution >= 0.6 is 0 Å². The maximum atomic E-state index is 13.0. The number of aryl methyl sites for hydroxylation is 2. The summed E-state index contributed by atoms with van der Waals surface area (Å²) >= 11 is 0. The molecule has 10 heteroatoms. The topological polar surface area (TPSA) is 100 Å². The first-order valence-corrected chi connectivity index (χ1v) is 13.0. The Balaban J connectivity index is 1.39. The molecule has 1 amide bonds. The maximum Gasteiger partial charge on any atom is 0.243 e. The molecule has 4 rings (SSSR count). The van der Waals surface area contributed by atoms with E-state index < -0.39 is 10.0 Å². The second kappa shape index (κ2) is 10.1. The average molecular weight is 485 g/mol. The Labute approximate surface area is 200 Å². The minimum atomic E-state index is -3.51. The van der Waals surface area contributed by atoms with Crippen molar-refractivity contribution in [2.75, 3.05) is 32.1 Å². The lowest BCUT2D eigenvalue weighted by Gasteiger charge is -2.25. The second-order valence-electron chi connectivity index (χ2n) is 8.90. The third kappa shape index (κ3) is 5.23. The first-order chi connectivity index (χ1) is 16.3. The van der Waals surface area contributed by atoms with Crippen LogP contribution in [0.3, 0.4) is 0 Å². The summed E-state index contributed by atoms with van der Waals surface area (Å²) in [6, 6.07) is 8.96. The van der Waals surface area contributed by atoms with Crippen LogP contribution in [0.2, 0.25) is 0 Å². The zero-order valence-electron chi connectivity index (χ0n) is 20.0. The van der Waals surface area contributed by atoms with Crippen molar-refractivity contribution in [1.29, 1.82) is 0 Å². The largest absolute Gasteiger partial charge is 0.363 e. The van der Waals surface area contributed by atoms with E-state index in [9.17, 15) is 13.2 Å². The van der Waals surface area contributed by atoms with E-state index in [1.165, 1.54) is 0 Å². The molecule has 2 aromatic heterocycles. The zero-order valence-corrected chi connectivity index (χ0v) is 20.8. The summed E-state index contributed by atoms with van der Waals surface area (Å²) in [7, 11) is 2.24. The lowest BCUT2D eigenvalue weighted by molar-refractivity contribution is -0.121. The minimum absolute atomic E-state index is 0.0721. The van der Waals surface area contributed by atoms with Gasteiger partial charge < -0.3 is 14.8 Å². The summed E-state index contributed by atoms with van der Waals surface area (Å²) in [6.07, 6.45) is 5.38. The van der Waals surface area contributed by atoms with Gasteiger partial charge in [0.25, 0.3) is 0 Å². The molecule has 9 nitrogen and oxygen atoms in total. The number of pyridine rings is 1.